The predicted octanol–water partition coefficient (Wildman–Crippen LogP) is 2.80. The number of halogens is 1. The Morgan fingerprint density at radius 2 is 1.74 bits per heavy atom. The Kier molecular flexibility index (Phi) is 6.90. The minimum atomic E-state index is -0.359. The van der Waals surface area contributed by atoms with Gasteiger partial charge in [0.2, 0.25) is 11.8 Å². The van der Waals surface area contributed by atoms with E-state index in [1.54, 1.807) is 17.0 Å². The lowest BCUT2D eigenvalue weighted by Crippen LogP contribution is -2.48. The fourth-order valence-corrected chi connectivity index (χ4v) is 4.38. The molecule has 0 aliphatic carbocycles. The maximum atomic E-state index is 13.2. The molecule has 31 heavy (non-hydrogen) atoms. The zero-order valence-corrected chi connectivity index (χ0v) is 18.6. The second kappa shape index (κ2) is 9.81. The Bertz CT molecular complexity index is 898. The molecule has 1 N–H and O–H groups in total. The molecule has 0 spiro atoms. The van der Waals surface area contributed by atoms with Gasteiger partial charge in [0.05, 0.1) is 12.0 Å². The summed E-state index contributed by atoms with van der Waals surface area (Å²) in [6, 6.07) is 17.2. The highest BCUT2D eigenvalue weighted by Gasteiger charge is 2.36. The second-order valence-electron chi connectivity index (χ2n) is 8.46. The largest absolute Gasteiger partial charge is 0.348 e. The van der Waals surface area contributed by atoms with Crippen LogP contribution in [0, 0.1) is 5.92 Å². The molecule has 2 saturated heterocycles. The summed E-state index contributed by atoms with van der Waals surface area (Å²) in [6.07, 6.45) is 0.227. The van der Waals surface area contributed by atoms with Crippen molar-refractivity contribution < 1.29 is 9.59 Å². The molecule has 2 fully saturated rings. The Labute approximate surface area is 188 Å². The number of hydrogen-bond acceptors (Lipinski definition) is 4. The summed E-state index contributed by atoms with van der Waals surface area (Å²) in [4.78, 5) is 32.1. The van der Waals surface area contributed by atoms with Gasteiger partial charge in [-0.2, -0.15) is 0 Å². The Hall–Kier alpha value is -2.41. The highest BCUT2D eigenvalue weighted by Crippen LogP contribution is 2.27. The molecule has 2 unspecified atom stereocenters. The first-order chi connectivity index (χ1) is 15.0. The van der Waals surface area contributed by atoms with E-state index in [0.717, 1.165) is 44.0 Å². The van der Waals surface area contributed by atoms with Gasteiger partial charge in [0.15, 0.2) is 0 Å². The lowest BCUT2D eigenvalue weighted by Gasteiger charge is -2.35. The number of nitrogens with zero attached hydrogens (tertiary/aromatic N) is 3. The van der Waals surface area contributed by atoms with Crippen molar-refractivity contribution >= 4 is 29.1 Å². The summed E-state index contributed by atoms with van der Waals surface area (Å²) < 4.78 is 0. The van der Waals surface area contributed by atoms with Gasteiger partial charge in [-0.15, -0.1) is 0 Å². The van der Waals surface area contributed by atoms with Crippen molar-refractivity contribution in [3.63, 3.8) is 0 Å². The molecule has 4 rings (SSSR count). The zero-order chi connectivity index (χ0) is 21.8. The molecule has 2 heterocycles. The van der Waals surface area contributed by atoms with Crippen LogP contribution in [0.2, 0.25) is 5.02 Å². The van der Waals surface area contributed by atoms with Crippen molar-refractivity contribution in [2.75, 3.05) is 51.2 Å². The number of hydrogen-bond donors (Lipinski definition) is 1. The molecule has 2 aromatic carbocycles. The molecular formula is C24H29ClN4O2. The van der Waals surface area contributed by atoms with Gasteiger partial charge < -0.3 is 15.1 Å². The molecule has 2 aliphatic rings. The van der Waals surface area contributed by atoms with E-state index in [1.165, 1.54) is 0 Å². The predicted molar refractivity (Wildman–Crippen MR) is 123 cm³/mol. The summed E-state index contributed by atoms with van der Waals surface area (Å²) in [5.41, 5.74) is 1.87. The SMILES string of the molecule is CN1CCN(CC(NC(=O)C2CC(=O)N(c3ccc(Cl)cc3)C2)c2ccccc2)CC1. The number of benzene rings is 2. The van der Waals surface area contributed by atoms with Crippen LogP contribution in [0.4, 0.5) is 5.69 Å². The lowest BCUT2D eigenvalue weighted by molar-refractivity contribution is -0.127. The van der Waals surface area contributed by atoms with Gasteiger partial charge >= 0.3 is 0 Å². The highest BCUT2D eigenvalue weighted by molar-refractivity contribution is 6.30. The summed E-state index contributed by atoms with van der Waals surface area (Å²) in [6.45, 7) is 5.20. The van der Waals surface area contributed by atoms with Crippen LogP contribution in [0.5, 0.6) is 0 Å². The molecule has 2 atom stereocenters. The van der Waals surface area contributed by atoms with E-state index < -0.39 is 0 Å². The van der Waals surface area contributed by atoms with Crippen LogP contribution < -0.4 is 10.2 Å². The number of carbonyl (C=O) groups is 2. The fourth-order valence-electron chi connectivity index (χ4n) is 4.25. The molecule has 6 nitrogen and oxygen atoms in total. The minimum absolute atomic E-state index is 0.0298. The molecule has 0 saturated carbocycles. The van der Waals surface area contributed by atoms with Gasteiger partial charge in [0.25, 0.3) is 0 Å². The number of piperazine rings is 1. The quantitative estimate of drug-likeness (QED) is 0.750. The number of amides is 2. The van der Waals surface area contributed by atoms with Crippen molar-refractivity contribution in [1.82, 2.24) is 15.1 Å². The molecule has 2 aromatic rings. The van der Waals surface area contributed by atoms with Crippen molar-refractivity contribution in [2.24, 2.45) is 5.92 Å². The first-order valence-electron chi connectivity index (χ1n) is 10.8. The van der Waals surface area contributed by atoms with Gasteiger partial charge in [-0.05, 0) is 36.9 Å². The highest BCUT2D eigenvalue weighted by atomic mass is 35.5. The van der Waals surface area contributed by atoms with Crippen molar-refractivity contribution in [3.05, 3.63) is 65.2 Å². The summed E-state index contributed by atoms with van der Waals surface area (Å²) in [5.74, 6) is -0.451. The van der Waals surface area contributed by atoms with Gasteiger partial charge in [-0.1, -0.05) is 41.9 Å². The van der Waals surface area contributed by atoms with Gasteiger partial charge in [-0.3, -0.25) is 14.5 Å². The van der Waals surface area contributed by atoms with Gasteiger partial charge in [0, 0.05) is 56.4 Å². The average molecular weight is 441 g/mol. The van der Waals surface area contributed by atoms with Gasteiger partial charge in [0.1, 0.15) is 0 Å². The van der Waals surface area contributed by atoms with Crippen LogP contribution in [0.3, 0.4) is 0 Å². The third kappa shape index (κ3) is 5.45. The molecule has 0 aromatic heterocycles. The third-order valence-electron chi connectivity index (χ3n) is 6.19. The van der Waals surface area contributed by atoms with Crippen molar-refractivity contribution in [2.45, 2.75) is 12.5 Å². The molecule has 2 aliphatic heterocycles. The maximum Gasteiger partial charge on any atom is 0.227 e. The van der Waals surface area contributed by atoms with E-state index in [1.807, 2.05) is 30.3 Å². The van der Waals surface area contributed by atoms with E-state index in [0.29, 0.717) is 11.6 Å². The topological polar surface area (TPSA) is 55.9 Å². The molecule has 7 heteroatoms. The van der Waals surface area contributed by atoms with Crippen LogP contribution in [0.15, 0.2) is 54.6 Å². The number of anilines is 1. The Morgan fingerprint density at radius 3 is 2.42 bits per heavy atom. The van der Waals surface area contributed by atoms with E-state index in [2.05, 4.69) is 34.3 Å². The molecule has 164 valence electrons. The van der Waals surface area contributed by atoms with E-state index >= 15 is 0 Å². The molecule has 0 radical (unpaired) electrons. The third-order valence-corrected chi connectivity index (χ3v) is 6.44. The maximum absolute atomic E-state index is 13.2. The summed E-state index contributed by atoms with van der Waals surface area (Å²) in [5, 5.41) is 3.87. The number of rotatable bonds is 6. The second-order valence-corrected chi connectivity index (χ2v) is 8.89. The van der Waals surface area contributed by atoms with E-state index in [-0.39, 0.29) is 30.2 Å². The van der Waals surface area contributed by atoms with E-state index in [9.17, 15) is 9.59 Å². The normalized spacial score (nSPS) is 21.3. The minimum Gasteiger partial charge on any atom is -0.348 e. The lowest BCUT2D eigenvalue weighted by atomic mass is 10.0. The van der Waals surface area contributed by atoms with E-state index in [4.69, 9.17) is 11.6 Å². The zero-order valence-electron chi connectivity index (χ0n) is 17.8. The fraction of sp³-hybridized carbons (Fsp3) is 0.417. The van der Waals surface area contributed by atoms with Crippen molar-refractivity contribution in [1.29, 1.82) is 0 Å². The van der Waals surface area contributed by atoms with Crippen LogP contribution in [-0.2, 0) is 9.59 Å². The summed E-state index contributed by atoms with van der Waals surface area (Å²) >= 11 is 5.96. The number of nitrogens with one attached hydrogen (secondary N) is 1. The molecular weight excluding hydrogens is 412 g/mol. The summed E-state index contributed by atoms with van der Waals surface area (Å²) in [7, 11) is 2.14. The van der Waals surface area contributed by atoms with Crippen LogP contribution in [0.25, 0.3) is 0 Å². The van der Waals surface area contributed by atoms with Crippen molar-refractivity contribution in [3.8, 4) is 0 Å². The first kappa shape index (κ1) is 21.8. The number of likely N-dealkylation sites (N-methyl/N-ethyl adjacent to an activating group) is 1. The average Bonchev–Trinajstić information content (AvgIpc) is 3.17. The number of carbonyl (C=O) groups excluding carboxylic acids is 2. The van der Waals surface area contributed by atoms with Crippen LogP contribution >= 0.6 is 11.6 Å². The van der Waals surface area contributed by atoms with Gasteiger partial charge in [-0.25, -0.2) is 0 Å². The molecule has 0 bridgehead atoms. The molecule has 2 amide bonds. The first-order valence-corrected chi connectivity index (χ1v) is 11.2. The monoisotopic (exact) mass is 440 g/mol. The van der Waals surface area contributed by atoms with Crippen LogP contribution in [0.1, 0.15) is 18.0 Å². The Morgan fingerprint density at radius 1 is 1.06 bits per heavy atom. The smallest absolute Gasteiger partial charge is 0.227 e. The van der Waals surface area contributed by atoms with Crippen LogP contribution in [-0.4, -0.2) is 67.9 Å². The Balaban J connectivity index is 1.43. The standard InChI is InChI=1S/C24H29ClN4O2/c1-27-11-13-28(14-12-27)17-22(18-5-3-2-4-6-18)26-24(31)19-15-23(30)29(16-19)21-9-7-20(25)8-10-21/h2-10,19,22H,11-17H2,1H3,(H,26,31).